The molecule has 0 heterocycles. The van der Waals surface area contributed by atoms with E-state index in [9.17, 15) is 14.0 Å². The lowest BCUT2D eigenvalue weighted by molar-refractivity contribution is -0.120. The van der Waals surface area contributed by atoms with Crippen LogP contribution in [0.5, 0.6) is 0 Å². The van der Waals surface area contributed by atoms with Crippen LogP contribution in [0.2, 0.25) is 0 Å². The minimum absolute atomic E-state index is 0.0138. The molecule has 0 atom stereocenters. The predicted molar refractivity (Wildman–Crippen MR) is 108 cm³/mol. The number of anilines is 2. The number of carbonyl (C=O) groups is 2. The lowest BCUT2D eigenvalue weighted by Crippen LogP contribution is -2.40. The van der Waals surface area contributed by atoms with Crippen LogP contribution in [0.4, 0.5) is 15.8 Å². The Bertz CT molecular complexity index is 826. The summed E-state index contributed by atoms with van der Waals surface area (Å²) in [5.74, 6) is -0.980. The van der Waals surface area contributed by atoms with Crippen molar-refractivity contribution in [3.8, 4) is 0 Å². The van der Waals surface area contributed by atoms with Gasteiger partial charge in [-0.25, -0.2) is 4.39 Å². The van der Waals surface area contributed by atoms with Gasteiger partial charge in [-0.15, -0.1) is 0 Å². The molecule has 0 fully saturated rings. The molecule has 0 aromatic heterocycles. The molecule has 0 radical (unpaired) electrons. The van der Waals surface area contributed by atoms with Gasteiger partial charge in [0.05, 0.1) is 19.7 Å². The molecule has 0 saturated heterocycles. The maximum atomic E-state index is 13.3. The Balaban J connectivity index is 1.97. The van der Waals surface area contributed by atoms with Gasteiger partial charge in [0.2, 0.25) is 11.8 Å². The van der Waals surface area contributed by atoms with E-state index in [0.717, 1.165) is 16.8 Å². The summed E-state index contributed by atoms with van der Waals surface area (Å²) >= 11 is 0. The molecule has 7 heteroatoms. The summed E-state index contributed by atoms with van der Waals surface area (Å²) in [6.45, 7) is 4.73. The van der Waals surface area contributed by atoms with Crippen LogP contribution in [0.25, 0.3) is 0 Å². The van der Waals surface area contributed by atoms with E-state index in [1.807, 2.05) is 32.0 Å². The molecule has 0 unspecified atom stereocenters. The van der Waals surface area contributed by atoms with Crippen LogP contribution in [0, 0.1) is 19.7 Å². The molecular weight excluding hydrogens is 361 g/mol. The number of nitrogens with one attached hydrogen (secondary N) is 2. The first-order chi connectivity index (χ1) is 13.4. The van der Waals surface area contributed by atoms with Gasteiger partial charge in [0.25, 0.3) is 0 Å². The number of amides is 2. The molecule has 0 aliphatic carbocycles. The number of nitrogens with zero attached hydrogens (tertiary/aromatic N) is 1. The Hall–Kier alpha value is -2.77. The predicted octanol–water partition coefficient (Wildman–Crippen LogP) is 2.97. The molecule has 0 aliphatic rings. The molecule has 2 aromatic rings. The Kier molecular flexibility index (Phi) is 8.10. The standard InChI is InChI=1S/C21H26FN3O3/c1-15-6-4-9-19(16(15)2)24-21(27)14-25(10-11-28-3)13-20(26)23-18-8-5-7-17(22)12-18/h4-9,12H,10-11,13-14H2,1-3H3,(H,23,26)(H,24,27). The molecule has 0 spiro atoms. The van der Waals surface area contributed by atoms with E-state index in [1.165, 1.54) is 18.2 Å². The molecule has 6 nitrogen and oxygen atoms in total. The number of rotatable bonds is 9. The van der Waals surface area contributed by atoms with Crippen molar-refractivity contribution in [2.75, 3.05) is 44.0 Å². The summed E-state index contributed by atoms with van der Waals surface area (Å²) in [5.41, 5.74) is 3.21. The van der Waals surface area contributed by atoms with Crippen LogP contribution in [0.15, 0.2) is 42.5 Å². The highest BCUT2D eigenvalue weighted by molar-refractivity contribution is 5.95. The molecule has 0 bridgehead atoms. The lowest BCUT2D eigenvalue weighted by atomic mass is 10.1. The Morgan fingerprint density at radius 1 is 1.04 bits per heavy atom. The summed E-state index contributed by atoms with van der Waals surface area (Å²) in [6, 6.07) is 11.4. The molecule has 2 N–H and O–H groups in total. The number of halogens is 1. The summed E-state index contributed by atoms with van der Waals surface area (Å²) in [7, 11) is 1.56. The van der Waals surface area contributed by atoms with E-state index in [1.54, 1.807) is 18.1 Å². The second kappa shape index (κ2) is 10.5. The van der Waals surface area contributed by atoms with Gasteiger partial charge in [0.1, 0.15) is 5.82 Å². The zero-order valence-corrected chi connectivity index (χ0v) is 16.4. The van der Waals surface area contributed by atoms with Gasteiger partial charge in [0.15, 0.2) is 0 Å². The number of hydrogen-bond donors (Lipinski definition) is 2. The first-order valence-corrected chi connectivity index (χ1v) is 9.02. The number of benzene rings is 2. The molecule has 0 aliphatic heterocycles. The maximum absolute atomic E-state index is 13.3. The SMILES string of the molecule is COCCN(CC(=O)Nc1cccc(F)c1)CC(=O)Nc1cccc(C)c1C. The third-order valence-corrected chi connectivity index (χ3v) is 4.33. The van der Waals surface area contributed by atoms with Gasteiger partial charge in [-0.3, -0.25) is 14.5 Å². The number of ether oxygens (including phenoxy) is 1. The number of carbonyl (C=O) groups excluding carboxylic acids is 2. The number of aryl methyl sites for hydroxylation is 1. The fraction of sp³-hybridized carbons (Fsp3) is 0.333. The fourth-order valence-electron chi connectivity index (χ4n) is 2.68. The highest BCUT2D eigenvalue weighted by Crippen LogP contribution is 2.17. The summed E-state index contributed by atoms with van der Waals surface area (Å²) < 4.78 is 18.3. The van der Waals surface area contributed by atoms with E-state index in [2.05, 4.69) is 10.6 Å². The first kappa shape index (κ1) is 21.5. The van der Waals surface area contributed by atoms with E-state index in [4.69, 9.17) is 4.74 Å². The zero-order valence-electron chi connectivity index (χ0n) is 16.4. The van der Waals surface area contributed by atoms with Gasteiger partial charge < -0.3 is 15.4 Å². The van der Waals surface area contributed by atoms with Crippen LogP contribution in [0.1, 0.15) is 11.1 Å². The van der Waals surface area contributed by atoms with Crippen molar-refractivity contribution < 1.29 is 18.7 Å². The van der Waals surface area contributed by atoms with E-state index < -0.39 is 5.82 Å². The third kappa shape index (κ3) is 6.75. The molecule has 0 saturated carbocycles. The highest BCUT2D eigenvalue weighted by atomic mass is 19.1. The average Bonchev–Trinajstić information content (AvgIpc) is 2.63. The van der Waals surface area contributed by atoms with Crippen molar-refractivity contribution in [1.29, 1.82) is 0 Å². The van der Waals surface area contributed by atoms with Crippen LogP contribution in [-0.2, 0) is 14.3 Å². The smallest absolute Gasteiger partial charge is 0.238 e. The number of methoxy groups -OCH3 is 1. The van der Waals surface area contributed by atoms with Gasteiger partial charge in [0, 0.05) is 25.0 Å². The van der Waals surface area contributed by atoms with E-state index in [0.29, 0.717) is 18.8 Å². The van der Waals surface area contributed by atoms with Crippen molar-refractivity contribution in [2.45, 2.75) is 13.8 Å². The highest BCUT2D eigenvalue weighted by Gasteiger charge is 2.16. The van der Waals surface area contributed by atoms with Gasteiger partial charge in [-0.2, -0.15) is 0 Å². The van der Waals surface area contributed by atoms with Crippen molar-refractivity contribution in [3.63, 3.8) is 0 Å². The quantitative estimate of drug-likeness (QED) is 0.694. The first-order valence-electron chi connectivity index (χ1n) is 9.02. The zero-order chi connectivity index (χ0) is 20.5. The summed E-state index contributed by atoms with van der Waals surface area (Å²) in [4.78, 5) is 26.4. The van der Waals surface area contributed by atoms with Crippen LogP contribution in [-0.4, -0.2) is 50.1 Å². The van der Waals surface area contributed by atoms with Crippen LogP contribution in [0.3, 0.4) is 0 Å². The Morgan fingerprint density at radius 3 is 2.39 bits per heavy atom. The van der Waals surface area contributed by atoms with Crippen LogP contribution >= 0.6 is 0 Å². The Morgan fingerprint density at radius 2 is 1.71 bits per heavy atom. The number of hydrogen-bond acceptors (Lipinski definition) is 4. The molecular formula is C21H26FN3O3. The largest absolute Gasteiger partial charge is 0.383 e. The molecule has 2 aromatic carbocycles. The molecule has 28 heavy (non-hydrogen) atoms. The topological polar surface area (TPSA) is 70.7 Å². The average molecular weight is 387 g/mol. The second-order valence-corrected chi connectivity index (χ2v) is 6.56. The van der Waals surface area contributed by atoms with E-state index >= 15 is 0 Å². The summed E-state index contributed by atoms with van der Waals surface area (Å²) in [6.07, 6.45) is 0. The normalized spacial score (nSPS) is 10.8. The maximum Gasteiger partial charge on any atom is 0.238 e. The monoisotopic (exact) mass is 387 g/mol. The van der Waals surface area contributed by atoms with Crippen molar-refractivity contribution >= 4 is 23.2 Å². The fourth-order valence-corrected chi connectivity index (χ4v) is 2.68. The van der Waals surface area contributed by atoms with Gasteiger partial charge in [-0.1, -0.05) is 18.2 Å². The van der Waals surface area contributed by atoms with Crippen molar-refractivity contribution in [1.82, 2.24) is 4.90 Å². The third-order valence-electron chi connectivity index (χ3n) is 4.33. The molecule has 150 valence electrons. The van der Waals surface area contributed by atoms with Crippen molar-refractivity contribution in [3.05, 3.63) is 59.4 Å². The van der Waals surface area contributed by atoms with Gasteiger partial charge in [-0.05, 0) is 49.2 Å². The summed E-state index contributed by atoms with van der Waals surface area (Å²) in [5, 5.41) is 5.52. The molecule has 2 amide bonds. The minimum Gasteiger partial charge on any atom is -0.383 e. The Labute approximate surface area is 164 Å². The minimum atomic E-state index is -0.429. The van der Waals surface area contributed by atoms with E-state index in [-0.39, 0.29) is 24.9 Å². The molecule has 2 rings (SSSR count). The second-order valence-electron chi connectivity index (χ2n) is 6.56. The van der Waals surface area contributed by atoms with Gasteiger partial charge >= 0.3 is 0 Å². The lowest BCUT2D eigenvalue weighted by Gasteiger charge is -2.21. The van der Waals surface area contributed by atoms with Crippen LogP contribution < -0.4 is 10.6 Å². The van der Waals surface area contributed by atoms with Crippen molar-refractivity contribution in [2.24, 2.45) is 0 Å².